The van der Waals surface area contributed by atoms with Gasteiger partial charge in [0.2, 0.25) is 12.3 Å². The molecule has 0 saturated carbocycles. The van der Waals surface area contributed by atoms with Gasteiger partial charge in [-0.2, -0.15) is 31.6 Å². The molecule has 13 heteroatoms. The fourth-order valence-electron chi connectivity index (χ4n) is 2.79. The zero-order chi connectivity index (χ0) is 24.1. The minimum Gasteiger partial charge on any atom is -0.360 e. The third-order valence-electron chi connectivity index (χ3n) is 4.16. The molecule has 1 heterocycles. The van der Waals surface area contributed by atoms with E-state index in [9.17, 15) is 35.9 Å². The van der Waals surface area contributed by atoms with Gasteiger partial charge in [0.05, 0.1) is 23.5 Å². The van der Waals surface area contributed by atoms with Crippen molar-refractivity contribution < 1.29 is 35.9 Å². The number of nitriles is 1. The van der Waals surface area contributed by atoms with Gasteiger partial charge < -0.3 is 15.5 Å². The number of aromatic nitrogens is 1. The van der Waals surface area contributed by atoms with Crippen molar-refractivity contribution in [1.29, 1.82) is 5.26 Å². The fourth-order valence-corrected chi connectivity index (χ4v) is 2.79. The Morgan fingerprint density at radius 1 is 1.19 bits per heavy atom. The van der Waals surface area contributed by atoms with E-state index in [0.29, 0.717) is 6.41 Å². The van der Waals surface area contributed by atoms with E-state index in [0.717, 1.165) is 4.90 Å². The van der Waals surface area contributed by atoms with E-state index in [1.807, 2.05) is 0 Å². The number of rotatable bonds is 7. The fraction of sp³-hybridized carbons (Fsp3) is 0.263. The number of carbonyl (C=O) groups is 2. The number of hydrogen-bond acceptors (Lipinski definition) is 5. The molecule has 2 amide bonds. The molecule has 0 aliphatic heterocycles. The largest absolute Gasteiger partial charge is 0.433 e. The molecule has 0 unspecified atom stereocenters. The first-order chi connectivity index (χ1) is 14.9. The highest BCUT2D eigenvalue weighted by Gasteiger charge is 2.41. The summed E-state index contributed by atoms with van der Waals surface area (Å²) in [5, 5.41) is 13.6. The maximum atomic E-state index is 13.2. The van der Waals surface area contributed by atoms with E-state index in [-0.39, 0.29) is 24.0 Å². The number of hydrogen-bond donors (Lipinski definition) is 2. The van der Waals surface area contributed by atoms with Crippen molar-refractivity contribution in [2.75, 3.05) is 28.6 Å². The van der Waals surface area contributed by atoms with E-state index in [1.165, 1.54) is 18.2 Å². The smallest absolute Gasteiger partial charge is 0.360 e. The van der Waals surface area contributed by atoms with Gasteiger partial charge in [-0.15, -0.1) is 0 Å². The highest BCUT2D eigenvalue weighted by Crippen LogP contribution is 2.38. The number of amides is 2. The zero-order valence-corrected chi connectivity index (χ0v) is 16.3. The maximum absolute atomic E-state index is 13.2. The quantitative estimate of drug-likeness (QED) is 0.482. The molecule has 2 aromatic rings. The van der Waals surface area contributed by atoms with Crippen molar-refractivity contribution in [2.24, 2.45) is 0 Å². The van der Waals surface area contributed by atoms with Gasteiger partial charge in [0.15, 0.2) is 0 Å². The highest BCUT2D eigenvalue weighted by molar-refractivity contribution is 6.00. The molecule has 7 nitrogen and oxygen atoms in total. The van der Waals surface area contributed by atoms with Gasteiger partial charge in [0.25, 0.3) is 0 Å². The Balaban J connectivity index is 2.41. The second-order valence-electron chi connectivity index (χ2n) is 6.16. The van der Waals surface area contributed by atoms with E-state index in [1.54, 1.807) is 19.1 Å². The highest BCUT2D eigenvalue weighted by atomic mass is 19.4. The molecule has 0 aliphatic carbocycles. The Labute approximate surface area is 177 Å². The van der Waals surface area contributed by atoms with Crippen LogP contribution in [-0.2, 0) is 21.9 Å². The van der Waals surface area contributed by atoms with E-state index in [2.05, 4.69) is 15.6 Å². The Morgan fingerprint density at radius 3 is 2.38 bits per heavy atom. The van der Waals surface area contributed by atoms with Gasteiger partial charge >= 0.3 is 12.4 Å². The standard InChI is InChI=1S/C19H15F6N5O2/c1-2-30(14-6-4-3-5-13(14)28-10-31)16(32)9-27-17-11(8-26)12(18(20,21)22)7-15(29-17)19(23,24)25/h3-7,10H,2,9H2,1H3,(H,27,29)(H,28,31). The molecule has 0 fully saturated rings. The lowest BCUT2D eigenvalue weighted by Crippen LogP contribution is -2.36. The number of nitrogens with one attached hydrogen (secondary N) is 2. The molecule has 1 aromatic heterocycles. The number of nitrogens with zero attached hydrogens (tertiary/aromatic N) is 3. The molecular weight excluding hydrogens is 444 g/mol. The van der Waals surface area contributed by atoms with Crippen LogP contribution in [0.3, 0.4) is 0 Å². The van der Waals surface area contributed by atoms with Crippen molar-refractivity contribution in [3.05, 3.63) is 47.2 Å². The first-order valence-corrected chi connectivity index (χ1v) is 8.87. The number of alkyl halides is 6. The van der Waals surface area contributed by atoms with E-state index < -0.39 is 47.4 Å². The molecule has 0 aliphatic rings. The molecule has 32 heavy (non-hydrogen) atoms. The van der Waals surface area contributed by atoms with Crippen molar-refractivity contribution >= 4 is 29.5 Å². The summed E-state index contributed by atoms with van der Waals surface area (Å²) in [6.45, 7) is 0.858. The predicted molar refractivity (Wildman–Crippen MR) is 102 cm³/mol. The van der Waals surface area contributed by atoms with Crippen LogP contribution in [0.5, 0.6) is 0 Å². The van der Waals surface area contributed by atoms with Crippen LogP contribution in [0.4, 0.5) is 43.5 Å². The molecule has 0 saturated heterocycles. The van der Waals surface area contributed by atoms with Gasteiger partial charge in [-0.1, -0.05) is 12.1 Å². The Morgan fingerprint density at radius 2 is 1.84 bits per heavy atom. The Hall–Kier alpha value is -3.82. The van der Waals surface area contributed by atoms with Gasteiger partial charge in [-0.25, -0.2) is 4.98 Å². The number of anilines is 3. The lowest BCUT2D eigenvalue weighted by atomic mass is 10.1. The first-order valence-electron chi connectivity index (χ1n) is 8.87. The van der Waals surface area contributed by atoms with Crippen LogP contribution in [0.1, 0.15) is 23.7 Å². The normalized spacial score (nSPS) is 11.4. The molecule has 170 valence electrons. The van der Waals surface area contributed by atoms with Crippen LogP contribution in [-0.4, -0.2) is 30.4 Å². The van der Waals surface area contributed by atoms with Crippen LogP contribution < -0.4 is 15.5 Å². The minimum absolute atomic E-state index is 0.0625. The Kier molecular flexibility index (Phi) is 7.29. The summed E-state index contributed by atoms with van der Waals surface area (Å²) in [5.74, 6) is -1.79. The summed E-state index contributed by atoms with van der Waals surface area (Å²) in [6, 6.07) is 7.05. The van der Waals surface area contributed by atoms with Crippen molar-refractivity contribution in [1.82, 2.24) is 4.98 Å². The lowest BCUT2D eigenvalue weighted by Gasteiger charge is -2.24. The average molecular weight is 459 g/mol. The van der Waals surface area contributed by atoms with Gasteiger partial charge in [0, 0.05) is 6.54 Å². The van der Waals surface area contributed by atoms with Crippen LogP contribution in [0.25, 0.3) is 0 Å². The molecule has 0 bridgehead atoms. The third-order valence-corrected chi connectivity index (χ3v) is 4.16. The number of carbonyl (C=O) groups excluding carboxylic acids is 2. The molecular formula is C19H15F6N5O2. The van der Waals surface area contributed by atoms with Crippen LogP contribution in [0, 0.1) is 11.3 Å². The summed E-state index contributed by atoms with van der Waals surface area (Å²) in [7, 11) is 0. The second kappa shape index (κ2) is 9.54. The second-order valence-corrected chi connectivity index (χ2v) is 6.16. The van der Waals surface area contributed by atoms with Crippen molar-refractivity contribution in [3.63, 3.8) is 0 Å². The monoisotopic (exact) mass is 459 g/mol. The summed E-state index contributed by atoms with van der Waals surface area (Å²) in [4.78, 5) is 27.6. The SMILES string of the molecule is CCN(C(=O)CNc1nc(C(F)(F)F)cc(C(F)(F)F)c1C#N)c1ccccc1NC=O. The summed E-state index contributed by atoms with van der Waals surface area (Å²) >= 11 is 0. The van der Waals surface area contributed by atoms with E-state index >= 15 is 0 Å². The summed E-state index contributed by atoms with van der Waals surface area (Å²) in [5.41, 5.74) is -4.37. The third kappa shape index (κ3) is 5.45. The number of halogens is 6. The first kappa shape index (κ1) is 24.4. The molecule has 0 spiro atoms. The zero-order valence-electron chi connectivity index (χ0n) is 16.3. The number of likely N-dealkylation sites (N-methyl/N-ethyl adjacent to an activating group) is 1. The van der Waals surface area contributed by atoms with Crippen LogP contribution in [0.2, 0.25) is 0 Å². The Bertz CT molecular complexity index is 1050. The number of benzene rings is 1. The maximum Gasteiger partial charge on any atom is 0.433 e. The minimum atomic E-state index is -5.26. The number of para-hydroxylation sites is 2. The van der Waals surface area contributed by atoms with Gasteiger partial charge in [-0.05, 0) is 25.1 Å². The van der Waals surface area contributed by atoms with Gasteiger partial charge in [0.1, 0.15) is 23.1 Å². The van der Waals surface area contributed by atoms with Crippen LogP contribution in [0.15, 0.2) is 30.3 Å². The molecule has 0 atom stereocenters. The van der Waals surface area contributed by atoms with Crippen LogP contribution >= 0.6 is 0 Å². The molecule has 0 radical (unpaired) electrons. The predicted octanol–water partition coefficient (Wildman–Crippen LogP) is 4.02. The lowest BCUT2D eigenvalue weighted by molar-refractivity contribution is -0.145. The summed E-state index contributed by atoms with van der Waals surface area (Å²) < 4.78 is 78.8. The topological polar surface area (TPSA) is 98.1 Å². The van der Waals surface area contributed by atoms with Gasteiger partial charge in [-0.3, -0.25) is 9.59 Å². The van der Waals surface area contributed by atoms with Crippen molar-refractivity contribution in [3.8, 4) is 6.07 Å². The molecule has 2 N–H and O–H groups in total. The number of pyridine rings is 1. The summed E-state index contributed by atoms with van der Waals surface area (Å²) in [6.07, 6.45) is -10.1. The van der Waals surface area contributed by atoms with E-state index in [4.69, 9.17) is 5.26 Å². The molecule has 1 aromatic carbocycles. The van der Waals surface area contributed by atoms with Crippen molar-refractivity contribution in [2.45, 2.75) is 19.3 Å². The molecule has 2 rings (SSSR count). The average Bonchev–Trinajstić information content (AvgIpc) is 2.72.